The molecule has 0 amide bonds. The number of thiazole rings is 1. The van der Waals surface area contributed by atoms with E-state index in [9.17, 15) is 4.79 Å². The Kier molecular flexibility index (Phi) is 5.10. The predicted molar refractivity (Wildman–Crippen MR) is 125 cm³/mol. The van der Waals surface area contributed by atoms with Crippen molar-refractivity contribution in [1.82, 2.24) is 9.38 Å². The zero-order valence-corrected chi connectivity index (χ0v) is 17.8. The Morgan fingerprint density at radius 3 is 2.26 bits per heavy atom. The van der Waals surface area contributed by atoms with Gasteiger partial charge >= 0.3 is 0 Å². The second-order valence-corrected chi connectivity index (χ2v) is 7.90. The maximum absolute atomic E-state index is 13.4. The van der Waals surface area contributed by atoms with Crippen LogP contribution >= 0.6 is 11.3 Å². The van der Waals surface area contributed by atoms with Crippen LogP contribution in [0.4, 0.5) is 0 Å². The average Bonchev–Trinajstić information content (AvgIpc) is 3.40. The summed E-state index contributed by atoms with van der Waals surface area (Å²) in [5.41, 5.74) is 4.92. The number of aromatic nitrogens is 2. The quantitative estimate of drug-likeness (QED) is 0.298. The van der Waals surface area contributed by atoms with Crippen molar-refractivity contribution in [2.75, 3.05) is 6.61 Å². The van der Waals surface area contributed by atoms with Gasteiger partial charge in [0.25, 0.3) is 0 Å². The van der Waals surface area contributed by atoms with Gasteiger partial charge in [-0.05, 0) is 36.8 Å². The second kappa shape index (κ2) is 8.20. The second-order valence-electron chi connectivity index (χ2n) is 7.07. The third-order valence-electron chi connectivity index (χ3n) is 5.12. The molecule has 0 saturated heterocycles. The lowest BCUT2D eigenvalue weighted by atomic mass is 10.0. The maximum atomic E-state index is 13.4. The summed E-state index contributed by atoms with van der Waals surface area (Å²) < 4.78 is 7.67. The molecule has 0 spiro atoms. The molecule has 2 heterocycles. The Labute approximate surface area is 184 Å². The van der Waals surface area contributed by atoms with E-state index in [1.165, 1.54) is 11.3 Å². The van der Waals surface area contributed by atoms with Gasteiger partial charge in [0.15, 0.2) is 4.96 Å². The molecule has 0 N–H and O–H groups in total. The summed E-state index contributed by atoms with van der Waals surface area (Å²) in [5.74, 6) is 0.763. The summed E-state index contributed by atoms with van der Waals surface area (Å²) in [6.07, 6.45) is 0. The molecule has 0 unspecified atom stereocenters. The van der Waals surface area contributed by atoms with Gasteiger partial charge in [-0.3, -0.25) is 9.20 Å². The molecular weight excluding hydrogens is 404 g/mol. The molecule has 5 heteroatoms. The highest BCUT2D eigenvalue weighted by atomic mass is 32.1. The van der Waals surface area contributed by atoms with E-state index in [1.54, 1.807) is 0 Å². The van der Waals surface area contributed by atoms with Crippen molar-refractivity contribution in [1.29, 1.82) is 0 Å². The zero-order chi connectivity index (χ0) is 21.2. The molecule has 4 nitrogen and oxygen atoms in total. The van der Waals surface area contributed by atoms with Gasteiger partial charge in [-0.2, -0.15) is 0 Å². The molecule has 0 saturated carbocycles. The van der Waals surface area contributed by atoms with Crippen LogP contribution < -0.4 is 4.74 Å². The van der Waals surface area contributed by atoms with E-state index in [4.69, 9.17) is 9.72 Å². The fourth-order valence-electron chi connectivity index (χ4n) is 3.70. The van der Waals surface area contributed by atoms with Gasteiger partial charge in [-0.25, -0.2) is 4.98 Å². The minimum absolute atomic E-state index is 0.0759. The number of nitrogens with zero attached hydrogens (tertiary/aromatic N) is 2. The van der Waals surface area contributed by atoms with Gasteiger partial charge in [0.1, 0.15) is 11.4 Å². The van der Waals surface area contributed by atoms with Crippen molar-refractivity contribution in [3.8, 4) is 28.3 Å². The smallest absolute Gasteiger partial charge is 0.213 e. The number of rotatable bonds is 6. The maximum Gasteiger partial charge on any atom is 0.213 e. The lowest BCUT2D eigenvalue weighted by Gasteiger charge is -2.08. The summed E-state index contributed by atoms with van der Waals surface area (Å²) in [6.45, 7) is 2.60. The van der Waals surface area contributed by atoms with E-state index < -0.39 is 0 Å². The van der Waals surface area contributed by atoms with Gasteiger partial charge < -0.3 is 4.74 Å². The fourth-order valence-corrected chi connectivity index (χ4v) is 4.59. The number of benzene rings is 3. The minimum Gasteiger partial charge on any atom is -0.494 e. The van der Waals surface area contributed by atoms with E-state index in [1.807, 2.05) is 91.9 Å². The molecule has 0 aliphatic rings. The topological polar surface area (TPSA) is 43.6 Å². The summed E-state index contributed by atoms with van der Waals surface area (Å²) in [4.78, 5) is 18.9. The van der Waals surface area contributed by atoms with Crippen molar-refractivity contribution < 1.29 is 9.53 Å². The minimum atomic E-state index is -0.0759. The summed E-state index contributed by atoms with van der Waals surface area (Å²) in [6, 6.07) is 27.3. The molecule has 0 aliphatic heterocycles. The Morgan fingerprint density at radius 2 is 1.58 bits per heavy atom. The number of hydrogen-bond donors (Lipinski definition) is 0. The Morgan fingerprint density at radius 1 is 0.903 bits per heavy atom. The molecule has 3 aromatic carbocycles. The first kappa shape index (κ1) is 19.3. The van der Waals surface area contributed by atoms with Crippen LogP contribution in [0.1, 0.15) is 23.0 Å². The lowest BCUT2D eigenvalue weighted by Crippen LogP contribution is -2.04. The largest absolute Gasteiger partial charge is 0.494 e. The van der Waals surface area contributed by atoms with E-state index in [2.05, 4.69) is 9.78 Å². The third-order valence-corrected chi connectivity index (χ3v) is 5.95. The molecule has 2 aromatic heterocycles. The molecule has 5 rings (SSSR count). The summed E-state index contributed by atoms with van der Waals surface area (Å²) in [5, 5.41) is 2.08. The highest BCUT2D eigenvalue weighted by molar-refractivity contribution is 7.15. The van der Waals surface area contributed by atoms with E-state index in [0.717, 1.165) is 33.2 Å². The van der Waals surface area contributed by atoms with Crippen LogP contribution in [0.15, 0.2) is 90.3 Å². The van der Waals surface area contributed by atoms with Crippen LogP contribution in [-0.4, -0.2) is 21.8 Å². The first-order valence-corrected chi connectivity index (χ1v) is 11.0. The van der Waals surface area contributed by atoms with Crippen LogP contribution in [0.5, 0.6) is 5.75 Å². The molecule has 31 heavy (non-hydrogen) atoms. The molecule has 0 atom stereocenters. The van der Waals surface area contributed by atoms with E-state index in [-0.39, 0.29) is 5.78 Å². The molecule has 0 fully saturated rings. The van der Waals surface area contributed by atoms with Crippen LogP contribution in [0.3, 0.4) is 0 Å². The molecule has 0 radical (unpaired) electrons. The molecule has 0 aliphatic carbocycles. The first-order chi connectivity index (χ1) is 15.3. The number of hydrogen-bond acceptors (Lipinski definition) is 4. The van der Waals surface area contributed by atoms with E-state index in [0.29, 0.717) is 17.9 Å². The Bertz CT molecular complexity index is 1340. The van der Waals surface area contributed by atoms with Crippen molar-refractivity contribution in [3.05, 3.63) is 102 Å². The number of ether oxygens (including phenoxy) is 1. The number of fused-ring (bicyclic) bond motifs is 1. The first-order valence-electron chi connectivity index (χ1n) is 10.1. The molecule has 0 bridgehead atoms. The van der Waals surface area contributed by atoms with Crippen LogP contribution in [-0.2, 0) is 0 Å². The normalized spacial score (nSPS) is 11.0. The lowest BCUT2D eigenvalue weighted by molar-refractivity contribution is 0.103. The molecule has 152 valence electrons. The van der Waals surface area contributed by atoms with Crippen molar-refractivity contribution in [2.24, 2.45) is 0 Å². The SMILES string of the molecule is CCOc1ccc(-c2csc3nc(C(=O)c4ccccc4)c(-c4ccccc4)n23)cc1. The van der Waals surface area contributed by atoms with Gasteiger partial charge in [0.2, 0.25) is 5.78 Å². The summed E-state index contributed by atoms with van der Waals surface area (Å²) in [7, 11) is 0. The Hall–Kier alpha value is -3.70. The van der Waals surface area contributed by atoms with Crippen molar-refractivity contribution in [2.45, 2.75) is 6.92 Å². The molecular formula is C26H20N2O2S. The van der Waals surface area contributed by atoms with Crippen molar-refractivity contribution >= 4 is 22.1 Å². The van der Waals surface area contributed by atoms with Crippen molar-refractivity contribution in [3.63, 3.8) is 0 Å². The molecule has 5 aromatic rings. The number of imidazole rings is 1. The number of carbonyl (C=O) groups excluding carboxylic acids is 1. The monoisotopic (exact) mass is 424 g/mol. The zero-order valence-electron chi connectivity index (χ0n) is 17.0. The van der Waals surface area contributed by atoms with Crippen LogP contribution in [0.25, 0.3) is 27.5 Å². The van der Waals surface area contributed by atoms with E-state index >= 15 is 0 Å². The Balaban J connectivity index is 1.71. The fraction of sp³-hybridized carbons (Fsp3) is 0.0769. The third kappa shape index (κ3) is 3.53. The number of ketones is 1. The van der Waals surface area contributed by atoms with Gasteiger partial charge in [-0.1, -0.05) is 60.7 Å². The van der Waals surface area contributed by atoms with Gasteiger partial charge in [0.05, 0.1) is 18.0 Å². The van der Waals surface area contributed by atoms with Gasteiger partial charge in [0, 0.05) is 16.5 Å². The van der Waals surface area contributed by atoms with Gasteiger partial charge in [-0.15, -0.1) is 11.3 Å². The van der Waals surface area contributed by atoms with Crippen LogP contribution in [0.2, 0.25) is 0 Å². The van der Waals surface area contributed by atoms with Crippen LogP contribution in [0, 0.1) is 0 Å². The highest BCUT2D eigenvalue weighted by Gasteiger charge is 2.24. The standard InChI is InChI=1S/C26H20N2O2S/c1-2-30-21-15-13-18(14-16-21)22-17-31-26-27-23(25(29)20-11-7-4-8-12-20)24(28(22)26)19-9-5-3-6-10-19/h3-17H,2H2,1H3. The number of carbonyl (C=O) groups is 1. The average molecular weight is 425 g/mol. The predicted octanol–water partition coefficient (Wildman–Crippen LogP) is 6.36. The highest BCUT2D eigenvalue weighted by Crippen LogP contribution is 2.35. The summed E-state index contributed by atoms with van der Waals surface area (Å²) >= 11 is 1.53.